The van der Waals surface area contributed by atoms with Crippen LogP contribution in [0.4, 0.5) is 11.6 Å². The van der Waals surface area contributed by atoms with Gasteiger partial charge < -0.3 is 0 Å². The topological polar surface area (TPSA) is 70.5 Å². The fourth-order valence-corrected chi connectivity index (χ4v) is 2.44. The van der Waals surface area contributed by atoms with E-state index >= 15 is 0 Å². The van der Waals surface area contributed by atoms with Gasteiger partial charge in [0, 0.05) is 11.4 Å². The van der Waals surface area contributed by atoms with E-state index in [1.807, 2.05) is 51.1 Å². The zero-order valence-corrected chi connectivity index (χ0v) is 12.8. The lowest BCUT2D eigenvalue weighted by Gasteiger charge is -2.20. The summed E-state index contributed by atoms with van der Waals surface area (Å²) in [5.41, 5.74) is 3.55. The first kappa shape index (κ1) is 14.2. The van der Waals surface area contributed by atoms with Gasteiger partial charge in [0.15, 0.2) is 0 Å². The molecule has 112 valence electrons. The molecular weight excluding hydrogens is 278 g/mol. The Morgan fingerprint density at radius 1 is 1.09 bits per heavy atom. The summed E-state index contributed by atoms with van der Waals surface area (Å²) in [6, 6.07) is 9.60. The van der Waals surface area contributed by atoms with Crippen LogP contribution in [0, 0.1) is 20.8 Å². The predicted octanol–water partition coefficient (Wildman–Crippen LogP) is 2.22. The van der Waals surface area contributed by atoms with Gasteiger partial charge >= 0.3 is 0 Å². The number of anilines is 2. The molecule has 0 radical (unpaired) electrons. The van der Waals surface area contributed by atoms with Gasteiger partial charge in [-0.2, -0.15) is 0 Å². The molecule has 1 aliphatic rings. The number of nitrogens with one attached hydrogen (secondary N) is 1. The number of amides is 1. The van der Waals surface area contributed by atoms with Crippen LogP contribution in [0.25, 0.3) is 0 Å². The number of aromatic nitrogens is 2. The third-order valence-electron chi connectivity index (χ3n) is 3.39. The summed E-state index contributed by atoms with van der Waals surface area (Å²) < 4.78 is 0. The molecule has 0 aliphatic carbocycles. The van der Waals surface area contributed by atoms with Gasteiger partial charge in [-0.1, -0.05) is 18.2 Å². The average Bonchev–Trinajstić information content (AvgIpc) is 2.79. The maximum Gasteiger partial charge on any atom is 0.255 e. The number of aryl methyl sites for hydroxylation is 3. The summed E-state index contributed by atoms with van der Waals surface area (Å²) in [4.78, 5) is 26.7. The largest absolute Gasteiger partial charge is 0.294 e. The maximum absolute atomic E-state index is 12.2. The van der Waals surface area contributed by atoms with E-state index in [-0.39, 0.29) is 12.5 Å². The van der Waals surface area contributed by atoms with Gasteiger partial charge in [-0.05, 0) is 38.5 Å². The van der Waals surface area contributed by atoms with Crippen LogP contribution < -0.4 is 10.2 Å². The van der Waals surface area contributed by atoms with Gasteiger partial charge in [0.2, 0.25) is 11.9 Å². The van der Waals surface area contributed by atoms with Crippen LogP contribution in [0.3, 0.4) is 0 Å². The minimum absolute atomic E-state index is 0.0684. The van der Waals surface area contributed by atoms with Gasteiger partial charge in [0.1, 0.15) is 6.54 Å². The Morgan fingerprint density at radius 3 is 2.45 bits per heavy atom. The van der Waals surface area contributed by atoms with Gasteiger partial charge in [-0.15, -0.1) is 0 Å². The highest BCUT2D eigenvalue weighted by atomic mass is 16.2. The molecule has 6 heteroatoms. The number of aliphatic imine (C=N–C) groups is 1. The van der Waals surface area contributed by atoms with E-state index in [4.69, 9.17) is 0 Å². The molecule has 0 unspecified atom stereocenters. The van der Waals surface area contributed by atoms with Crippen molar-refractivity contribution >= 4 is 23.5 Å². The molecule has 3 rings (SSSR count). The number of guanidine groups is 1. The third-order valence-corrected chi connectivity index (χ3v) is 3.39. The number of carbonyl (C=O) groups excluding carboxylic acids is 1. The van der Waals surface area contributed by atoms with Crippen LogP contribution in [-0.4, -0.2) is 28.4 Å². The number of hydrogen-bond acceptors (Lipinski definition) is 5. The lowest BCUT2D eigenvalue weighted by molar-refractivity contribution is -0.115. The van der Waals surface area contributed by atoms with E-state index < -0.39 is 0 Å². The molecule has 0 atom stereocenters. The molecule has 1 aromatic heterocycles. The van der Waals surface area contributed by atoms with E-state index in [2.05, 4.69) is 20.3 Å². The van der Waals surface area contributed by atoms with Gasteiger partial charge in [-0.25, -0.2) is 19.9 Å². The lowest BCUT2D eigenvalue weighted by atomic mass is 10.2. The van der Waals surface area contributed by atoms with Crippen molar-refractivity contribution < 1.29 is 4.79 Å². The molecule has 22 heavy (non-hydrogen) atoms. The fourth-order valence-electron chi connectivity index (χ4n) is 2.44. The molecule has 0 bridgehead atoms. The quantitative estimate of drug-likeness (QED) is 0.922. The molecule has 2 aromatic rings. The molecule has 0 saturated heterocycles. The second-order valence-electron chi connectivity index (χ2n) is 5.25. The molecule has 6 nitrogen and oxygen atoms in total. The van der Waals surface area contributed by atoms with E-state index in [1.165, 1.54) is 0 Å². The molecule has 2 heterocycles. The molecular formula is C16H17N5O. The SMILES string of the molecule is Cc1cc(C)nc(NC2=NCC(=O)N2c2ccccc2C)n1. The normalized spacial score (nSPS) is 14.2. The van der Waals surface area contributed by atoms with Crippen molar-refractivity contribution in [3.05, 3.63) is 47.3 Å². The highest BCUT2D eigenvalue weighted by Gasteiger charge is 2.28. The van der Waals surface area contributed by atoms with Crippen LogP contribution >= 0.6 is 0 Å². The fraction of sp³-hybridized carbons (Fsp3) is 0.250. The van der Waals surface area contributed by atoms with Gasteiger partial charge in [-0.3, -0.25) is 10.1 Å². The van der Waals surface area contributed by atoms with Gasteiger partial charge in [0.05, 0.1) is 5.69 Å². The second-order valence-corrected chi connectivity index (χ2v) is 5.25. The van der Waals surface area contributed by atoms with E-state index in [1.54, 1.807) is 4.90 Å². The first-order valence-electron chi connectivity index (χ1n) is 7.07. The van der Waals surface area contributed by atoms with Crippen LogP contribution in [0.1, 0.15) is 17.0 Å². The standard InChI is InChI=1S/C16H17N5O/c1-10-6-4-5-7-13(10)21-14(22)9-17-16(21)20-15-18-11(2)8-12(3)19-15/h4-8H,9H2,1-3H3,(H,17,18,19,20). The van der Waals surface area contributed by atoms with Crippen LogP contribution in [0.5, 0.6) is 0 Å². The summed E-state index contributed by atoms with van der Waals surface area (Å²) in [7, 11) is 0. The Morgan fingerprint density at radius 2 is 1.77 bits per heavy atom. The van der Waals surface area contributed by atoms with Crippen molar-refractivity contribution in [3.63, 3.8) is 0 Å². The zero-order valence-electron chi connectivity index (χ0n) is 12.8. The Hall–Kier alpha value is -2.76. The summed E-state index contributed by atoms with van der Waals surface area (Å²) in [6.45, 7) is 5.90. The smallest absolute Gasteiger partial charge is 0.255 e. The molecule has 0 fully saturated rings. The summed E-state index contributed by atoms with van der Waals surface area (Å²) in [6.07, 6.45) is 0. The second kappa shape index (κ2) is 5.55. The summed E-state index contributed by atoms with van der Waals surface area (Å²) >= 11 is 0. The molecule has 1 aromatic carbocycles. The molecule has 1 aliphatic heterocycles. The third kappa shape index (κ3) is 2.67. The summed E-state index contributed by atoms with van der Waals surface area (Å²) in [5.74, 6) is 0.843. The van der Waals surface area contributed by atoms with Crippen LogP contribution in [0.15, 0.2) is 35.3 Å². The Balaban J connectivity index is 1.93. The number of benzene rings is 1. The van der Waals surface area contributed by atoms with E-state index in [0.717, 1.165) is 22.6 Å². The number of para-hydroxylation sites is 1. The number of nitrogens with zero attached hydrogens (tertiary/aromatic N) is 4. The van der Waals surface area contributed by atoms with Crippen LogP contribution in [0.2, 0.25) is 0 Å². The number of hydrogen-bond donors (Lipinski definition) is 1. The maximum atomic E-state index is 12.2. The number of rotatable bonds is 2. The Kier molecular flexibility index (Phi) is 3.58. The van der Waals surface area contributed by atoms with E-state index in [0.29, 0.717) is 11.9 Å². The molecule has 1 amide bonds. The minimum atomic E-state index is -0.0684. The van der Waals surface area contributed by atoms with Crippen molar-refractivity contribution in [1.82, 2.24) is 9.97 Å². The predicted molar refractivity (Wildman–Crippen MR) is 86.1 cm³/mol. The average molecular weight is 295 g/mol. The van der Waals surface area contributed by atoms with Crippen molar-refractivity contribution in [1.29, 1.82) is 0 Å². The first-order chi connectivity index (χ1) is 10.5. The minimum Gasteiger partial charge on any atom is -0.294 e. The van der Waals surface area contributed by atoms with Crippen molar-refractivity contribution in [3.8, 4) is 0 Å². The zero-order chi connectivity index (χ0) is 15.7. The molecule has 0 spiro atoms. The Labute approximate surface area is 128 Å². The van der Waals surface area contributed by atoms with Crippen molar-refractivity contribution in [2.45, 2.75) is 20.8 Å². The highest BCUT2D eigenvalue weighted by molar-refractivity contribution is 6.24. The van der Waals surface area contributed by atoms with Gasteiger partial charge in [0.25, 0.3) is 5.91 Å². The highest BCUT2D eigenvalue weighted by Crippen LogP contribution is 2.23. The molecule has 1 N–H and O–H groups in total. The lowest BCUT2D eigenvalue weighted by Crippen LogP contribution is -2.37. The van der Waals surface area contributed by atoms with Crippen LogP contribution in [-0.2, 0) is 4.79 Å². The number of carbonyl (C=O) groups is 1. The van der Waals surface area contributed by atoms with Crippen molar-refractivity contribution in [2.24, 2.45) is 4.99 Å². The molecule has 0 saturated carbocycles. The van der Waals surface area contributed by atoms with E-state index in [9.17, 15) is 4.79 Å². The monoisotopic (exact) mass is 295 g/mol. The van der Waals surface area contributed by atoms with Crippen molar-refractivity contribution in [2.75, 3.05) is 16.8 Å². The summed E-state index contributed by atoms with van der Waals surface area (Å²) in [5, 5.41) is 3.06. The first-order valence-corrected chi connectivity index (χ1v) is 7.07. The Bertz CT molecular complexity index is 749.